The summed E-state index contributed by atoms with van der Waals surface area (Å²) in [6.07, 6.45) is 2.77. The maximum absolute atomic E-state index is 12.5. The quantitative estimate of drug-likeness (QED) is 0.815. The van der Waals surface area contributed by atoms with Gasteiger partial charge in [-0.25, -0.2) is 8.42 Å². The van der Waals surface area contributed by atoms with Gasteiger partial charge in [-0.15, -0.1) is 0 Å². The highest BCUT2D eigenvalue weighted by Crippen LogP contribution is 2.22. The summed E-state index contributed by atoms with van der Waals surface area (Å²) in [4.78, 5) is 12.3. The Balaban J connectivity index is 1.56. The third-order valence-corrected chi connectivity index (χ3v) is 6.56. The Morgan fingerprint density at radius 3 is 2.23 bits per heavy atom. The number of sulfonamides is 1. The number of aryl methyl sites for hydroxylation is 1. The summed E-state index contributed by atoms with van der Waals surface area (Å²) in [5, 5.41) is 3.47. The first-order valence-electron chi connectivity index (χ1n) is 8.60. The minimum absolute atomic E-state index is 0.116. The van der Waals surface area contributed by atoms with Crippen molar-refractivity contribution in [2.45, 2.75) is 30.6 Å². The maximum Gasteiger partial charge on any atom is 0.243 e. The van der Waals surface area contributed by atoms with Crippen LogP contribution in [0.1, 0.15) is 24.8 Å². The maximum atomic E-state index is 12.5. The zero-order valence-corrected chi connectivity index (χ0v) is 15.9. The van der Waals surface area contributed by atoms with E-state index in [0.29, 0.717) is 36.6 Å². The number of carbonyl (C=O) groups excluding carboxylic acids is 1. The number of hydrogen-bond donors (Lipinski definition) is 1. The van der Waals surface area contributed by atoms with Crippen molar-refractivity contribution in [3.8, 4) is 0 Å². The lowest BCUT2D eigenvalue weighted by Crippen LogP contribution is -2.27. The molecule has 1 N–H and O–H groups in total. The summed E-state index contributed by atoms with van der Waals surface area (Å²) in [7, 11) is -3.42. The first-order valence-corrected chi connectivity index (χ1v) is 10.4. The summed E-state index contributed by atoms with van der Waals surface area (Å²) in [5.41, 5.74) is 1.63. The summed E-state index contributed by atoms with van der Waals surface area (Å²) in [6.45, 7) is 1.15. The Morgan fingerprint density at radius 2 is 1.62 bits per heavy atom. The molecule has 26 heavy (non-hydrogen) atoms. The van der Waals surface area contributed by atoms with Crippen LogP contribution in [0.2, 0.25) is 5.02 Å². The third-order valence-electron chi connectivity index (χ3n) is 4.39. The Labute approximate surface area is 159 Å². The lowest BCUT2D eigenvalue weighted by Gasteiger charge is -2.15. The van der Waals surface area contributed by atoms with Gasteiger partial charge in [0.2, 0.25) is 15.9 Å². The fraction of sp³-hybridized carbons (Fsp3) is 0.316. The molecule has 138 valence electrons. The van der Waals surface area contributed by atoms with Gasteiger partial charge in [0.25, 0.3) is 0 Å². The molecule has 0 aromatic heterocycles. The molecule has 3 rings (SSSR count). The molecule has 0 aliphatic carbocycles. The molecule has 2 aromatic carbocycles. The molecule has 1 amide bonds. The number of anilines is 1. The third kappa shape index (κ3) is 4.63. The molecule has 1 aliphatic heterocycles. The van der Waals surface area contributed by atoms with E-state index in [9.17, 15) is 13.2 Å². The fourth-order valence-corrected chi connectivity index (χ4v) is 4.56. The van der Waals surface area contributed by atoms with E-state index >= 15 is 0 Å². The number of carbonyl (C=O) groups is 1. The lowest BCUT2D eigenvalue weighted by molar-refractivity contribution is -0.116. The van der Waals surface area contributed by atoms with E-state index in [2.05, 4.69) is 5.32 Å². The van der Waals surface area contributed by atoms with Crippen molar-refractivity contribution in [2.75, 3.05) is 18.4 Å². The predicted octanol–water partition coefficient (Wildman–Crippen LogP) is 3.70. The average molecular weight is 393 g/mol. The molecule has 0 unspecified atom stereocenters. The molecule has 0 bridgehead atoms. The van der Waals surface area contributed by atoms with Crippen LogP contribution in [0.5, 0.6) is 0 Å². The van der Waals surface area contributed by atoms with Gasteiger partial charge in [-0.05, 0) is 61.2 Å². The summed E-state index contributed by atoms with van der Waals surface area (Å²) in [5.74, 6) is -0.116. The van der Waals surface area contributed by atoms with Gasteiger partial charge in [0.15, 0.2) is 0 Å². The second kappa shape index (κ2) is 8.20. The number of amides is 1. The van der Waals surface area contributed by atoms with Gasteiger partial charge in [0.05, 0.1) is 4.90 Å². The van der Waals surface area contributed by atoms with Gasteiger partial charge >= 0.3 is 0 Å². The molecule has 1 heterocycles. The predicted molar refractivity (Wildman–Crippen MR) is 103 cm³/mol. The van der Waals surface area contributed by atoms with E-state index in [-0.39, 0.29) is 10.8 Å². The number of hydrogen-bond acceptors (Lipinski definition) is 3. The lowest BCUT2D eigenvalue weighted by atomic mass is 10.1. The first-order chi connectivity index (χ1) is 12.4. The van der Waals surface area contributed by atoms with E-state index in [0.717, 1.165) is 18.4 Å². The minimum Gasteiger partial charge on any atom is -0.326 e. The highest BCUT2D eigenvalue weighted by atomic mass is 35.5. The molecule has 0 atom stereocenters. The number of nitrogens with one attached hydrogen (secondary N) is 1. The number of halogens is 1. The van der Waals surface area contributed by atoms with E-state index in [1.807, 2.05) is 12.1 Å². The molecule has 1 aliphatic rings. The van der Waals surface area contributed by atoms with Crippen LogP contribution < -0.4 is 5.32 Å². The van der Waals surface area contributed by atoms with Gasteiger partial charge in [-0.3, -0.25) is 4.79 Å². The van der Waals surface area contributed by atoms with Crippen LogP contribution in [-0.4, -0.2) is 31.7 Å². The monoisotopic (exact) mass is 392 g/mol. The first kappa shape index (κ1) is 18.9. The van der Waals surface area contributed by atoms with Crippen molar-refractivity contribution in [1.29, 1.82) is 0 Å². The SMILES string of the molecule is O=C(CCc1ccc(Cl)cc1)Nc1ccc(S(=O)(=O)N2CCCC2)cc1. The Morgan fingerprint density at radius 1 is 1.00 bits per heavy atom. The molecular weight excluding hydrogens is 372 g/mol. The topological polar surface area (TPSA) is 66.5 Å². The summed E-state index contributed by atoms with van der Waals surface area (Å²) in [6, 6.07) is 13.7. The van der Waals surface area contributed by atoms with Gasteiger partial charge in [-0.1, -0.05) is 23.7 Å². The summed E-state index contributed by atoms with van der Waals surface area (Å²) >= 11 is 5.84. The Hall–Kier alpha value is -1.89. The van der Waals surface area contributed by atoms with Crippen molar-refractivity contribution in [3.05, 3.63) is 59.1 Å². The van der Waals surface area contributed by atoms with E-state index in [1.165, 1.54) is 4.31 Å². The van der Waals surface area contributed by atoms with Gasteiger partial charge in [0.1, 0.15) is 0 Å². The largest absolute Gasteiger partial charge is 0.326 e. The molecule has 0 radical (unpaired) electrons. The zero-order valence-electron chi connectivity index (χ0n) is 14.3. The highest BCUT2D eigenvalue weighted by Gasteiger charge is 2.26. The smallest absolute Gasteiger partial charge is 0.243 e. The standard InChI is InChI=1S/C19H21ClN2O3S/c20-16-6-3-15(4-7-16)5-12-19(23)21-17-8-10-18(11-9-17)26(24,25)22-13-1-2-14-22/h3-4,6-11H,1-2,5,12-14H2,(H,21,23). The molecule has 1 fully saturated rings. The minimum atomic E-state index is -3.42. The molecule has 7 heteroatoms. The van der Waals surface area contributed by atoms with Gasteiger partial charge in [-0.2, -0.15) is 4.31 Å². The van der Waals surface area contributed by atoms with Crippen molar-refractivity contribution in [1.82, 2.24) is 4.31 Å². The molecule has 2 aromatic rings. The normalized spacial score (nSPS) is 15.1. The van der Waals surface area contributed by atoms with Gasteiger partial charge in [0, 0.05) is 30.2 Å². The molecule has 1 saturated heterocycles. The number of nitrogens with zero attached hydrogens (tertiary/aromatic N) is 1. The van der Waals surface area contributed by atoms with E-state index in [4.69, 9.17) is 11.6 Å². The summed E-state index contributed by atoms with van der Waals surface area (Å²) < 4.78 is 26.5. The highest BCUT2D eigenvalue weighted by molar-refractivity contribution is 7.89. The average Bonchev–Trinajstić information content (AvgIpc) is 3.17. The fourth-order valence-electron chi connectivity index (χ4n) is 2.92. The Bertz CT molecular complexity index is 859. The number of benzene rings is 2. The van der Waals surface area contributed by atoms with Crippen LogP contribution in [0, 0.1) is 0 Å². The Kier molecular flexibility index (Phi) is 5.96. The molecule has 0 saturated carbocycles. The molecule has 5 nitrogen and oxygen atoms in total. The van der Waals surface area contributed by atoms with Crippen LogP contribution in [-0.2, 0) is 21.2 Å². The van der Waals surface area contributed by atoms with Crippen LogP contribution in [0.3, 0.4) is 0 Å². The van der Waals surface area contributed by atoms with Crippen LogP contribution >= 0.6 is 11.6 Å². The van der Waals surface area contributed by atoms with Crippen LogP contribution in [0.25, 0.3) is 0 Å². The van der Waals surface area contributed by atoms with Crippen molar-refractivity contribution in [2.24, 2.45) is 0 Å². The second-order valence-corrected chi connectivity index (χ2v) is 8.68. The van der Waals surface area contributed by atoms with Crippen LogP contribution in [0.15, 0.2) is 53.4 Å². The van der Waals surface area contributed by atoms with Gasteiger partial charge < -0.3 is 5.32 Å². The zero-order chi connectivity index (χ0) is 18.6. The van der Waals surface area contributed by atoms with Crippen molar-refractivity contribution < 1.29 is 13.2 Å². The van der Waals surface area contributed by atoms with Crippen LogP contribution in [0.4, 0.5) is 5.69 Å². The second-order valence-electron chi connectivity index (χ2n) is 6.31. The van der Waals surface area contributed by atoms with E-state index < -0.39 is 10.0 Å². The van der Waals surface area contributed by atoms with Crippen molar-refractivity contribution >= 4 is 33.2 Å². The number of rotatable bonds is 6. The van der Waals surface area contributed by atoms with E-state index in [1.54, 1.807) is 36.4 Å². The van der Waals surface area contributed by atoms with Crippen molar-refractivity contribution in [3.63, 3.8) is 0 Å². The molecule has 0 spiro atoms. The molecular formula is C19H21ClN2O3S.